The summed E-state index contributed by atoms with van der Waals surface area (Å²) in [5, 5.41) is 3.12. The highest BCUT2D eigenvalue weighted by Crippen LogP contribution is 2.18. The summed E-state index contributed by atoms with van der Waals surface area (Å²) in [5.41, 5.74) is 2.08. The smallest absolute Gasteiger partial charge is 0.222 e. The Morgan fingerprint density at radius 2 is 2.11 bits per heavy atom. The van der Waals surface area contributed by atoms with E-state index < -0.39 is 0 Å². The lowest BCUT2D eigenvalue weighted by Crippen LogP contribution is -2.33. The summed E-state index contributed by atoms with van der Waals surface area (Å²) in [4.78, 5) is 16.2. The quantitative estimate of drug-likeness (QED) is 0.914. The fourth-order valence-corrected chi connectivity index (χ4v) is 2.78. The van der Waals surface area contributed by atoms with Gasteiger partial charge >= 0.3 is 0 Å². The number of hydrogen-bond donors (Lipinski definition) is 1. The van der Waals surface area contributed by atoms with Crippen LogP contribution in [0.25, 0.3) is 11.0 Å². The van der Waals surface area contributed by atoms with Crippen LogP contribution in [0.3, 0.4) is 0 Å². The van der Waals surface area contributed by atoms with Crippen molar-refractivity contribution in [1.82, 2.24) is 14.9 Å². The van der Waals surface area contributed by atoms with Crippen LogP contribution in [0.4, 0.5) is 0 Å². The van der Waals surface area contributed by atoms with Crippen LogP contribution in [0, 0.1) is 0 Å². The van der Waals surface area contributed by atoms with E-state index in [1.807, 2.05) is 35.2 Å². The fraction of sp³-hybridized carbons (Fsp3) is 0.467. The normalized spacial score (nSPS) is 16.0. The van der Waals surface area contributed by atoms with Gasteiger partial charge in [0, 0.05) is 19.0 Å². The molecule has 0 atom stereocenters. The predicted molar refractivity (Wildman–Crippen MR) is 74.7 cm³/mol. The second-order valence-electron chi connectivity index (χ2n) is 5.23. The zero-order chi connectivity index (χ0) is 13.1. The number of aryl methyl sites for hydroxylation is 1. The minimum Gasteiger partial charge on any atom is -0.353 e. The number of hydrogen-bond acceptors (Lipinski definition) is 2. The molecule has 19 heavy (non-hydrogen) atoms. The van der Waals surface area contributed by atoms with Crippen LogP contribution in [0.15, 0.2) is 30.6 Å². The number of imidazole rings is 1. The first-order chi connectivity index (χ1) is 9.33. The molecule has 1 heterocycles. The van der Waals surface area contributed by atoms with Crippen LogP contribution >= 0.6 is 0 Å². The molecular weight excluding hydrogens is 238 g/mol. The molecule has 1 saturated carbocycles. The number of nitrogens with zero attached hydrogens (tertiary/aromatic N) is 2. The van der Waals surface area contributed by atoms with E-state index in [0.29, 0.717) is 19.0 Å². The van der Waals surface area contributed by atoms with E-state index in [-0.39, 0.29) is 5.91 Å². The Labute approximate surface area is 112 Å². The Balaban J connectivity index is 1.58. The van der Waals surface area contributed by atoms with Crippen LogP contribution in [-0.2, 0) is 11.3 Å². The molecule has 3 rings (SSSR count). The van der Waals surface area contributed by atoms with Gasteiger partial charge in [-0.15, -0.1) is 0 Å². The third-order valence-corrected chi connectivity index (χ3v) is 3.83. The van der Waals surface area contributed by atoms with Crippen LogP contribution in [0.2, 0.25) is 0 Å². The van der Waals surface area contributed by atoms with Gasteiger partial charge in [0.05, 0.1) is 17.4 Å². The van der Waals surface area contributed by atoms with Crippen molar-refractivity contribution < 1.29 is 4.79 Å². The molecule has 1 aromatic carbocycles. The van der Waals surface area contributed by atoms with Crippen molar-refractivity contribution in [2.45, 2.75) is 44.7 Å². The predicted octanol–water partition coefficient (Wildman–Crippen LogP) is 2.49. The molecule has 0 aliphatic heterocycles. The number of nitrogens with one attached hydrogen (secondary N) is 1. The molecule has 1 fully saturated rings. The molecule has 0 unspecified atom stereocenters. The molecule has 0 spiro atoms. The topological polar surface area (TPSA) is 46.9 Å². The third kappa shape index (κ3) is 2.78. The number of carbonyl (C=O) groups excluding carboxylic acids is 1. The highest BCUT2D eigenvalue weighted by Gasteiger charge is 2.16. The monoisotopic (exact) mass is 257 g/mol. The first-order valence-electron chi connectivity index (χ1n) is 7.02. The molecular formula is C15H19N3O. The van der Waals surface area contributed by atoms with Gasteiger partial charge in [0.1, 0.15) is 0 Å². The summed E-state index contributed by atoms with van der Waals surface area (Å²) in [6, 6.07) is 8.42. The summed E-state index contributed by atoms with van der Waals surface area (Å²) in [5.74, 6) is 0.157. The average Bonchev–Trinajstić information content (AvgIpc) is 3.05. The maximum atomic E-state index is 11.9. The van der Waals surface area contributed by atoms with Gasteiger partial charge in [-0.2, -0.15) is 0 Å². The molecule has 1 aliphatic rings. The van der Waals surface area contributed by atoms with Crippen molar-refractivity contribution in [3.63, 3.8) is 0 Å². The summed E-state index contributed by atoms with van der Waals surface area (Å²) in [7, 11) is 0. The molecule has 1 aliphatic carbocycles. The molecule has 1 aromatic heterocycles. The van der Waals surface area contributed by atoms with Gasteiger partial charge in [0.25, 0.3) is 0 Å². The Morgan fingerprint density at radius 3 is 2.95 bits per heavy atom. The third-order valence-electron chi connectivity index (χ3n) is 3.83. The van der Waals surface area contributed by atoms with Gasteiger partial charge in [-0.1, -0.05) is 25.0 Å². The lowest BCUT2D eigenvalue weighted by Gasteiger charge is -2.12. The number of fused-ring (bicyclic) bond motifs is 1. The molecule has 0 radical (unpaired) electrons. The second kappa shape index (κ2) is 5.43. The summed E-state index contributed by atoms with van der Waals surface area (Å²) >= 11 is 0. The number of para-hydroxylation sites is 2. The number of rotatable bonds is 4. The van der Waals surface area contributed by atoms with Gasteiger partial charge in [-0.05, 0) is 25.0 Å². The molecule has 2 aromatic rings. The first-order valence-corrected chi connectivity index (χ1v) is 7.02. The molecule has 0 bridgehead atoms. The van der Waals surface area contributed by atoms with Gasteiger partial charge in [-0.25, -0.2) is 4.98 Å². The molecule has 1 amide bonds. The second-order valence-corrected chi connectivity index (χ2v) is 5.23. The van der Waals surface area contributed by atoms with E-state index in [0.717, 1.165) is 23.9 Å². The highest BCUT2D eigenvalue weighted by atomic mass is 16.1. The largest absolute Gasteiger partial charge is 0.353 e. The zero-order valence-electron chi connectivity index (χ0n) is 11.0. The van der Waals surface area contributed by atoms with Crippen molar-refractivity contribution in [2.24, 2.45) is 0 Å². The Hall–Kier alpha value is -1.84. The number of amides is 1. The maximum Gasteiger partial charge on any atom is 0.222 e. The maximum absolute atomic E-state index is 11.9. The van der Waals surface area contributed by atoms with Crippen LogP contribution in [-0.4, -0.2) is 21.5 Å². The Bertz CT molecular complexity index is 570. The van der Waals surface area contributed by atoms with E-state index in [1.54, 1.807) is 0 Å². The fourth-order valence-electron chi connectivity index (χ4n) is 2.78. The van der Waals surface area contributed by atoms with Gasteiger partial charge in [-0.3, -0.25) is 4.79 Å². The van der Waals surface area contributed by atoms with E-state index >= 15 is 0 Å². The van der Waals surface area contributed by atoms with E-state index in [2.05, 4.69) is 10.3 Å². The summed E-state index contributed by atoms with van der Waals surface area (Å²) in [6.45, 7) is 0.694. The zero-order valence-corrected chi connectivity index (χ0v) is 11.0. The van der Waals surface area contributed by atoms with Gasteiger partial charge < -0.3 is 9.88 Å². The highest BCUT2D eigenvalue weighted by molar-refractivity contribution is 5.77. The Morgan fingerprint density at radius 1 is 1.32 bits per heavy atom. The van der Waals surface area contributed by atoms with Crippen molar-refractivity contribution in [2.75, 3.05) is 0 Å². The van der Waals surface area contributed by atoms with Crippen molar-refractivity contribution in [1.29, 1.82) is 0 Å². The molecule has 0 saturated heterocycles. The van der Waals surface area contributed by atoms with E-state index in [4.69, 9.17) is 0 Å². The van der Waals surface area contributed by atoms with E-state index in [1.165, 1.54) is 12.8 Å². The van der Waals surface area contributed by atoms with Crippen LogP contribution in [0.5, 0.6) is 0 Å². The number of benzene rings is 1. The van der Waals surface area contributed by atoms with E-state index in [9.17, 15) is 4.79 Å². The molecule has 100 valence electrons. The summed E-state index contributed by atoms with van der Waals surface area (Å²) < 4.78 is 2.05. The molecule has 1 N–H and O–H groups in total. The minimum atomic E-state index is 0.157. The Kier molecular flexibility index (Phi) is 3.49. The lowest BCUT2D eigenvalue weighted by atomic mass is 10.2. The van der Waals surface area contributed by atoms with Gasteiger partial charge in [0.2, 0.25) is 5.91 Å². The molecule has 4 heteroatoms. The summed E-state index contributed by atoms with van der Waals surface area (Å²) in [6.07, 6.45) is 7.11. The first kappa shape index (κ1) is 12.2. The standard InChI is InChI=1S/C15H19N3O/c19-15(17-12-5-1-2-6-12)9-10-18-11-16-13-7-3-4-8-14(13)18/h3-4,7-8,11-12H,1-2,5-6,9-10H2,(H,17,19). The number of aromatic nitrogens is 2. The lowest BCUT2D eigenvalue weighted by molar-refractivity contribution is -0.121. The number of carbonyl (C=O) groups is 1. The van der Waals surface area contributed by atoms with Crippen molar-refractivity contribution >= 4 is 16.9 Å². The van der Waals surface area contributed by atoms with Gasteiger partial charge in [0.15, 0.2) is 0 Å². The van der Waals surface area contributed by atoms with Crippen LogP contribution in [0.1, 0.15) is 32.1 Å². The molecule has 4 nitrogen and oxygen atoms in total. The minimum absolute atomic E-state index is 0.157. The van der Waals surface area contributed by atoms with Crippen LogP contribution < -0.4 is 5.32 Å². The average molecular weight is 257 g/mol. The van der Waals surface area contributed by atoms with Crippen molar-refractivity contribution in [3.05, 3.63) is 30.6 Å². The van der Waals surface area contributed by atoms with Crippen molar-refractivity contribution in [3.8, 4) is 0 Å². The SMILES string of the molecule is O=C(CCn1cnc2ccccc21)NC1CCCC1.